The minimum Gasteiger partial charge on any atom is -0.399 e. The molecule has 94 valence electrons. The number of thiophene rings is 1. The van der Waals surface area contributed by atoms with Gasteiger partial charge in [-0.1, -0.05) is 6.07 Å². The lowest BCUT2D eigenvalue weighted by molar-refractivity contribution is 0.0787. The maximum Gasteiger partial charge on any atom is 0.256 e. The predicted octanol–water partition coefficient (Wildman–Crippen LogP) is 2.18. The predicted molar refractivity (Wildman–Crippen MR) is 75.4 cm³/mol. The summed E-state index contributed by atoms with van der Waals surface area (Å²) < 4.78 is 0. The molecule has 2 rings (SSSR count). The van der Waals surface area contributed by atoms with Crippen LogP contribution in [-0.4, -0.2) is 17.9 Å². The highest BCUT2D eigenvalue weighted by Crippen LogP contribution is 2.19. The molecule has 0 aliphatic carbocycles. The summed E-state index contributed by atoms with van der Waals surface area (Å²) in [6.45, 7) is 0.584. The van der Waals surface area contributed by atoms with Gasteiger partial charge in [0.25, 0.3) is 5.91 Å². The van der Waals surface area contributed by atoms with Crippen LogP contribution in [0, 0.1) is 0 Å². The van der Waals surface area contributed by atoms with E-state index in [0.29, 0.717) is 23.5 Å². The van der Waals surface area contributed by atoms with Crippen molar-refractivity contribution in [2.24, 2.45) is 0 Å². The van der Waals surface area contributed by atoms with Gasteiger partial charge in [-0.3, -0.25) is 4.79 Å². The van der Waals surface area contributed by atoms with E-state index in [1.807, 2.05) is 17.5 Å². The van der Waals surface area contributed by atoms with Gasteiger partial charge in [0.2, 0.25) is 0 Å². The Kier molecular flexibility index (Phi) is 3.53. The third-order valence-corrected chi connectivity index (χ3v) is 3.49. The normalized spacial score (nSPS) is 10.3. The number of nitrogens with zero attached hydrogens (tertiary/aromatic N) is 1. The van der Waals surface area contributed by atoms with Crippen LogP contribution in [0.25, 0.3) is 0 Å². The lowest BCUT2D eigenvalue weighted by Crippen LogP contribution is -2.26. The van der Waals surface area contributed by atoms with Gasteiger partial charge in [-0.2, -0.15) is 0 Å². The molecule has 0 saturated heterocycles. The van der Waals surface area contributed by atoms with Crippen molar-refractivity contribution in [1.82, 2.24) is 4.90 Å². The summed E-state index contributed by atoms with van der Waals surface area (Å²) in [5.74, 6) is -0.0964. The summed E-state index contributed by atoms with van der Waals surface area (Å²) in [6, 6.07) is 8.92. The maximum atomic E-state index is 12.2. The van der Waals surface area contributed by atoms with Gasteiger partial charge in [0.15, 0.2) is 0 Å². The van der Waals surface area contributed by atoms with Gasteiger partial charge < -0.3 is 16.4 Å². The van der Waals surface area contributed by atoms with Crippen LogP contribution in [0.15, 0.2) is 35.7 Å². The molecule has 0 saturated carbocycles. The molecule has 0 unspecified atom stereocenters. The van der Waals surface area contributed by atoms with Crippen molar-refractivity contribution in [2.45, 2.75) is 6.54 Å². The summed E-state index contributed by atoms with van der Waals surface area (Å²) in [4.78, 5) is 15.0. The molecule has 4 nitrogen and oxygen atoms in total. The van der Waals surface area contributed by atoms with Crippen LogP contribution in [0.3, 0.4) is 0 Å². The van der Waals surface area contributed by atoms with Crippen molar-refractivity contribution in [3.8, 4) is 0 Å². The SMILES string of the molecule is CN(Cc1cccs1)C(=O)c1ccc(N)cc1N. The van der Waals surface area contributed by atoms with Gasteiger partial charge in [-0.15, -0.1) is 11.3 Å². The Balaban J connectivity index is 2.15. The molecule has 18 heavy (non-hydrogen) atoms. The number of rotatable bonds is 3. The van der Waals surface area contributed by atoms with E-state index in [0.717, 1.165) is 4.88 Å². The van der Waals surface area contributed by atoms with E-state index in [-0.39, 0.29) is 5.91 Å². The third kappa shape index (κ3) is 2.62. The molecule has 0 spiro atoms. The molecule has 0 radical (unpaired) electrons. The van der Waals surface area contributed by atoms with Crippen LogP contribution in [-0.2, 0) is 6.54 Å². The lowest BCUT2D eigenvalue weighted by Gasteiger charge is -2.17. The number of amides is 1. The highest BCUT2D eigenvalue weighted by Gasteiger charge is 2.15. The molecular weight excluding hydrogens is 246 g/mol. The number of hydrogen-bond donors (Lipinski definition) is 2. The molecule has 0 fully saturated rings. The number of carbonyl (C=O) groups excluding carboxylic acids is 1. The highest BCUT2D eigenvalue weighted by atomic mass is 32.1. The van der Waals surface area contributed by atoms with E-state index in [9.17, 15) is 4.79 Å². The van der Waals surface area contributed by atoms with Crippen LogP contribution in [0.5, 0.6) is 0 Å². The second-order valence-electron chi connectivity index (χ2n) is 4.09. The van der Waals surface area contributed by atoms with Crippen LogP contribution in [0.2, 0.25) is 0 Å². The van der Waals surface area contributed by atoms with Crippen molar-refractivity contribution in [3.05, 3.63) is 46.2 Å². The van der Waals surface area contributed by atoms with E-state index < -0.39 is 0 Å². The first-order chi connectivity index (χ1) is 8.58. The maximum absolute atomic E-state index is 12.2. The molecule has 2 aromatic rings. The Hall–Kier alpha value is -2.01. The van der Waals surface area contributed by atoms with Gasteiger partial charge in [0.1, 0.15) is 0 Å². The fourth-order valence-electron chi connectivity index (χ4n) is 1.69. The molecular formula is C13H15N3OS. The Morgan fingerprint density at radius 3 is 2.72 bits per heavy atom. The van der Waals surface area contributed by atoms with Crippen LogP contribution < -0.4 is 11.5 Å². The lowest BCUT2D eigenvalue weighted by atomic mass is 10.1. The molecule has 1 aromatic heterocycles. The second kappa shape index (κ2) is 5.10. The quantitative estimate of drug-likeness (QED) is 0.832. The largest absolute Gasteiger partial charge is 0.399 e. The summed E-state index contributed by atoms with van der Waals surface area (Å²) in [6.07, 6.45) is 0. The number of carbonyl (C=O) groups is 1. The Morgan fingerprint density at radius 2 is 2.11 bits per heavy atom. The average Bonchev–Trinajstić information content (AvgIpc) is 2.81. The molecule has 1 aromatic carbocycles. The van der Waals surface area contributed by atoms with Crippen molar-refractivity contribution in [1.29, 1.82) is 0 Å². The van der Waals surface area contributed by atoms with Gasteiger partial charge in [0.05, 0.1) is 12.1 Å². The van der Waals surface area contributed by atoms with E-state index >= 15 is 0 Å². The Bertz CT molecular complexity index is 551. The molecule has 0 bridgehead atoms. The van der Waals surface area contributed by atoms with Crippen LogP contribution in [0.4, 0.5) is 11.4 Å². The first kappa shape index (κ1) is 12.4. The molecule has 5 heteroatoms. The number of nitrogens with two attached hydrogens (primary N) is 2. The fraction of sp³-hybridized carbons (Fsp3) is 0.154. The smallest absolute Gasteiger partial charge is 0.256 e. The van der Waals surface area contributed by atoms with Gasteiger partial charge in [-0.25, -0.2) is 0 Å². The zero-order valence-corrected chi connectivity index (χ0v) is 10.9. The van der Waals surface area contributed by atoms with Gasteiger partial charge >= 0.3 is 0 Å². The average molecular weight is 261 g/mol. The highest BCUT2D eigenvalue weighted by molar-refractivity contribution is 7.09. The minimum absolute atomic E-state index is 0.0964. The topological polar surface area (TPSA) is 72.3 Å². The molecule has 4 N–H and O–H groups in total. The third-order valence-electron chi connectivity index (χ3n) is 2.63. The van der Waals surface area contributed by atoms with E-state index in [4.69, 9.17) is 11.5 Å². The number of hydrogen-bond acceptors (Lipinski definition) is 4. The van der Waals surface area contributed by atoms with Gasteiger partial charge in [0, 0.05) is 23.3 Å². The summed E-state index contributed by atoms with van der Waals surface area (Å²) >= 11 is 1.63. The first-order valence-corrected chi connectivity index (χ1v) is 6.38. The van der Waals surface area contributed by atoms with Crippen LogP contribution in [0.1, 0.15) is 15.2 Å². The Labute approximate surface area is 110 Å². The zero-order chi connectivity index (χ0) is 13.1. The first-order valence-electron chi connectivity index (χ1n) is 5.51. The summed E-state index contributed by atoms with van der Waals surface area (Å²) in [7, 11) is 1.76. The number of benzene rings is 1. The molecule has 0 aliphatic heterocycles. The monoisotopic (exact) mass is 261 g/mol. The summed E-state index contributed by atoms with van der Waals surface area (Å²) in [5, 5.41) is 1.99. The van der Waals surface area contributed by atoms with Crippen LogP contribution >= 0.6 is 11.3 Å². The summed E-state index contributed by atoms with van der Waals surface area (Å²) in [5.41, 5.74) is 12.9. The second-order valence-corrected chi connectivity index (χ2v) is 5.12. The number of nitrogen functional groups attached to an aromatic ring is 2. The van der Waals surface area contributed by atoms with Gasteiger partial charge in [-0.05, 0) is 29.6 Å². The molecule has 1 amide bonds. The molecule has 1 heterocycles. The van der Waals surface area contributed by atoms with E-state index in [1.165, 1.54) is 0 Å². The fourth-order valence-corrected chi connectivity index (χ4v) is 2.45. The van der Waals surface area contributed by atoms with Crippen molar-refractivity contribution >= 4 is 28.6 Å². The number of anilines is 2. The molecule has 0 atom stereocenters. The van der Waals surface area contributed by atoms with E-state index in [2.05, 4.69) is 0 Å². The standard InChI is InChI=1S/C13H15N3OS/c1-16(8-10-3-2-6-18-10)13(17)11-5-4-9(14)7-12(11)15/h2-7H,8,14-15H2,1H3. The zero-order valence-electron chi connectivity index (χ0n) is 10.1. The van der Waals surface area contributed by atoms with Crippen molar-refractivity contribution in [2.75, 3.05) is 18.5 Å². The van der Waals surface area contributed by atoms with Crippen molar-refractivity contribution in [3.63, 3.8) is 0 Å². The van der Waals surface area contributed by atoms with E-state index in [1.54, 1.807) is 41.5 Å². The molecule has 0 aliphatic rings. The Morgan fingerprint density at radius 1 is 1.33 bits per heavy atom. The van der Waals surface area contributed by atoms with Crippen molar-refractivity contribution < 1.29 is 4.79 Å². The minimum atomic E-state index is -0.0964.